The first-order valence-corrected chi connectivity index (χ1v) is 9.01. The summed E-state index contributed by atoms with van der Waals surface area (Å²) in [4.78, 5) is 4.99. The Labute approximate surface area is 151 Å². The summed E-state index contributed by atoms with van der Waals surface area (Å²) in [7, 11) is 2.09. The van der Waals surface area contributed by atoms with E-state index < -0.39 is 0 Å². The molecule has 0 atom stereocenters. The molecule has 1 heterocycles. The van der Waals surface area contributed by atoms with Crippen molar-refractivity contribution >= 4 is 10.9 Å². The predicted octanol–water partition coefficient (Wildman–Crippen LogP) is 5.24. The molecule has 0 unspecified atom stereocenters. The van der Waals surface area contributed by atoms with Crippen molar-refractivity contribution in [2.45, 2.75) is 48.0 Å². The van der Waals surface area contributed by atoms with E-state index in [1.54, 1.807) is 0 Å². The van der Waals surface area contributed by atoms with Crippen LogP contribution in [-0.2, 0) is 13.5 Å². The van der Waals surface area contributed by atoms with Crippen molar-refractivity contribution in [3.63, 3.8) is 0 Å². The van der Waals surface area contributed by atoms with Crippen LogP contribution in [0, 0.1) is 26.2 Å². The Hall–Kier alpha value is -2.22. The van der Waals surface area contributed by atoms with Crippen molar-refractivity contribution in [3.8, 4) is 11.4 Å². The molecule has 0 bridgehead atoms. The van der Waals surface area contributed by atoms with E-state index in [0.717, 1.165) is 17.8 Å². The maximum atomic E-state index is 4.99. The van der Waals surface area contributed by atoms with Crippen LogP contribution >= 0.6 is 0 Å². The van der Waals surface area contributed by atoms with E-state index in [1.807, 2.05) is 0 Å². The summed E-state index contributed by atoms with van der Waals surface area (Å²) in [5.41, 5.74) is 7.84. The average molecular weight is 333 g/mol. The number of aryl methyl sites for hydroxylation is 3. The maximum absolute atomic E-state index is 4.99. The second kappa shape index (κ2) is 6.25. The van der Waals surface area contributed by atoms with E-state index in [2.05, 4.69) is 89.7 Å². The highest BCUT2D eigenvalue weighted by molar-refractivity contribution is 5.79. The summed E-state index contributed by atoms with van der Waals surface area (Å²) in [6.07, 6.45) is 3.28. The Morgan fingerprint density at radius 3 is 2.40 bits per heavy atom. The summed E-state index contributed by atoms with van der Waals surface area (Å²) in [5, 5.41) is 1.20. The van der Waals surface area contributed by atoms with Crippen LogP contribution in [0.4, 0.5) is 0 Å². The molecule has 25 heavy (non-hydrogen) atoms. The van der Waals surface area contributed by atoms with E-state index in [9.17, 15) is 0 Å². The number of rotatable bonds is 2. The second-order valence-corrected chi connectivity index (χ2v) is 8.56. The van der Waals surface area contributed by atoms with Gasteiger partial charge in [0.05, 0.1) is 18.0 Å². The molecule has 1 aromatic heterocycles. The first kappa shape index (κ1) is 17.6. The third-order valence-corrected chi connectivity index (χ3v) is 4.77. The molecule has 0 radical (unpaired) electrons. The molecule has 0 amide bonds. The lowest BCUT2D eigenvalue weighted by molar-refractivity contribution is -0.661. The summed E-state index contributed by atoms with van der Waals surface area (Å²) < 4.78 is 2.16. The maximum Gasteiger partial charge on any atom is 0.331 e. The molecular weight excluding hydrogens is 304 g/mol. The van der Waals surface area contributed by atoms with Gasteiger partial charge in [-0.15, -0.1) is 0 Å². The van der Waals surface area contributed by atoms with Gasteiger partial charge in [-0.1, -0.05) is 32.9 Å². The normalized spacial score (nSPS) is 12.0. The molecule has 0 fully saturated rings. The molecular formula is C23H29N2+. The molecule has 3 aromatic rings. The topological polar surface area (TPSA) is 16.8 Å². The third kappa shape index (κ3) is 3.73. The molecule has 0 aliphatic heterocycles. The van der Waals surface area contributed by atoms with Crippen molar-refractivity contribution < 1.29 is 4.57 Å². The molecule has 2 aromatic carbocycles. The number of benzene rings is 2. The molecule has 0 aliphatic carbocycles. The van der Waals surface area contributed by atoms with Crippen molar-refractivity contribution in [1.29, 1.82) is 0 Å². The number of hydrogen-bond donors (Lipinski definition) is 0. The van der Waals surface area contributed by atoms with E-state index in [1.165, 1.54) is 33.2 Å². The predicted molar refractivity (Wildman–Crippen MR) is 106 cm³/mol. The molecule has 2 nitrogen and oxygen atoms in total. The van der Waals surface area contributed by atoms with Crippen LogP contribution in [0.15, 0.2) is 36.5 Å². The molecule has 0 saturated heterocycles. The van der Waals surface area contributed by atoms with Gasteiger partial charge < -0.3 is 0 Å². The monoisotopic (exact) mass is 333 g/mol. The number of aromatic nitrogens is 2. The van der Waals surface area contributed by atoms with E-state index in [-0.39, 0.29) is 0 Å². The van der Waals surface area contributed by atoms with Gasteiger partial charge in [0.2, 0.25) is 0 Å². The van der Waals surface area contributed by atoms with Crippen LogP contribution in [0.5, 0.6) is 0 Å². The van der Waals surface area contributed by atoms with Gasteiger partial charge in [0.1, 0.15) is 6.20 Å². The summed E-state index contributed by atoms with van der Waals surface area (Å²) in [6.45, 7) is 13.3. The molecule has 0 aliphatic rings. The van der Waals surface area contributed by atoms with Crippen molar-refractivity contribution in [3.05, 3.63) is 58.8 Å². The Kier molecular flexibility index (Phi) is 4.40. The van der Waals surface area contributed by atoms with Gasteiger partial charge in [-0.2, -0.15) is 0 Å². The minimum atomic E-state index is 0.291. The standard InChI is InChI=1S/C23H29N2/c1-15-10-16(2)17(3)20(11-15)22-24-21-9-8-18(13-23(4,5)6)12-19(21)14-25(22)7/h8-12,14H,13H2,1-7H3/q+1. The molecule has 0 N–H and O–H groups in total. The summed E-state index contributed by atoms with van der Waals surface area (Å²) in [5.74, 6) is 1.03. The fourth-order valence-electron chi connectivity index (χ4n) is 3.52. The Balaban J connectivity index is 2.13. The van der Waals surface area contributed by atoms with Crippen LogP contribution in [0.2, 0.25) is 0 Å². The highest BCUT2D eigenvalue weighted by Crippen LogP contribution is 2.26. The van der Waals surface area contributed by atoms with Crippen LogP contribution in [0.25, 0.3) is 22.3 Å². The number of fused-ring (bicyclic) bond motifs is 1. The van der Waals surface area contributed by atoms with E-state index in [4.69, 9.17) is 4.98 Å². The first-order chi connectivity index (χ1) is 11.6. The fraction of sp³-hybridized carbons (Fsp3) is 0.391. The zero-order valence-corrected chi connectivity index (χ0v) is 16.6. The lowest BCUT2D eigenvalue weighted by Crippen LogP contribution is -2.32. The highest BCUT2D eigenvalue weighted by atomic mass is 15.0. The number of nitrogens with zero attached hydrogens (tertiary/aromatic N) is 2. The Bertz CT molecular complexity index is 946. The Morgan fingerprint density at radius 2 is 1.72 bits per heavy atom. The average Bonchev–Trinajstić information content (AvgIpc) is 2.48. The minimum absolute atomic E-state index is 0.291. The third-order valence-electron chi connectivity index (χ3n) is 4.77. The first-order valence-electron chi connectivity index (χ1n) is 9.01. The van der Waals surface area contributed by atoms with Crippen molar-refractivity contribution in [2.75, 3.05) is 0 Å². The number of hydrogen-bond acceptors (Lipinski definition) is 1. The lowest BCUT2D eigenvalue weighted by Gasteiger charge is -2.18. The minimum Gasteiger partial charge on any atom is -0.232 e. The van der Waals surface area contributed by atoms with Crippen LogP contribution in [-0.4, -0.2) is 4.98 Å². The zero-order valence-electron chi connectivity index (χ0n) is 16.6. The zero-order chi connectivity index (χ0) is 18.4. The lowest BCUT2D eigenvalue weighted by atomic mass is 9.88. The quantitative estimate of drug-likeness (QED) is 0.586. The van der Waals surface area contributed by atoms with Gasteiger partial charge in [-0.05, 0) is 78.0 Å². The van der Waals surface area contributed by atoms with Crippen LogP contribution in [0.1, 0.15) is 43.0 Å². The van der Waals surface area contributed by atoms with Gasteiger partial charge in [-0.25, -0.2) is 4.57 Å². The molecule has 0 spiro atoms. The van der Waals surface area contributed by atoms with Gasteiger partial charge in [-0.3, -0.25) is 0 Å². The Morgan fingerprint density at radius 1 is 1.00 bits per heavy atom. The fourth-order valence-corrected chi connectivity index (χ4v) is 3.52. The van der Waals surface area contributed by atoms with Gasteiger partial charge in [0.25, 0.3) is 0 Å². The van der Waals surface area contributed by atoms with Gasteiger partial charge >= 0.3 is 5.82 Å². The molecule has 0 saturated carbocycles. The van der Waals surface area contributed by atoms with Crippen molar-refractivity contribution in [2.24, 2.45) is 12.5 Å². The van der Waals surface area contributed by atoms with Gasteiger partial charge in [0, 0.05) is 0 Å². The smallest absolute Gasteiger partial charge is 0.232 e. The SMILES string of the molecule is Cc1cc(C)c(C)c(-c2nc3ccc(CC(C)(C)C)cc3c[n+]2C)c1. The van der Waals surface area contributed by atoms with Crippen LogP contribution < -0.4 is 4.57 Å². The second-order valence-electron chi connectivity index (χ2n) is 8.56. The van der Waals surface area contributed by atoms with E-state index in [0.29, 0.717) is 5.41 Å². The van der Waals surface area contributed by atoms with Crippen molar-refractivity contribution in [1.82, 2.24) is 4.98 Å². The van der Waals surface area contributed by atoms with E-state index >= 15 is 0 Å². The van der Waals surface area contributed by atoms with Gasteiger partial charge in [0.15, 0.2) is 5.52 Å². The van der Waals surface area contributed by atoms with Crippen LogP contribution in [0.3, 0.4) is 0 Å². The summed E-state index contributed by atoms with van der Waals surface area (Å²) >= 11 is 0. The molecule has 2 heteroatoms. The summed E-state index contributed by atoms with van der Waals surface area (Å²) in [6, 6.07) is 11.1. The largest absolute Gasteiger partial charge is 0.331 e. The molecule has 3 rings (SSSR count). The molecule has 130 valence electrons. The highest BCUT2D eigenvalue weighted by Gasteiger charge is 2.19.